The average Bonchev–Trinajstić information content (AvgIpc) is 2.56. The molecule has 1 aromatic carbocycles. The molecular formula is C17H19NO3. The van der Waals surface area contributed by atoms with E-state index in [4.69, 9.17) is 0 Å². The summed E-state index contributed by atoms with van der Waals surface area (Å²) in [6.07, 6.45) is 6.35. The van der Waals surface area contributed by atoms with Crippen molar-refractivity contribution in [3.8, 4) is 0 Å². The summed E-state index contributed by atoms with van der Waals surface area (Å²) in [5, 5.41) is 30.5. The monoisotopic (exact) mass is 285 g/mol. The third-order valence-electron chi connectivity index (χ3n) is 4.09. The first-order valence-electron chi connectivity index (χ1n) is 7.10. The predicted octanol–water partition coefficient (Wildman–Crippen LogP) is 1.69. The van der Waals surface area contributed by atoms with Crippen molar-refractivity contribution in [2.75, 3.05) is 6.61 Å². The molecule has 110 valence electrons. The second kappa shape index (κ2) is 5.85. The predicted molar refractivity (Wildman–Crippen MR) is 79.7 cm³/mol. The number of rotatable bonds is 3. The molecule has 0 saturated heterocycles. The van der Waals surface area contributed by atoms with E-state index >= 15 is 0 Å². The molecule has 3 atom stereocenters. The van der Waals surface area contributed by atoms with Crippen molar-refractivity contribution in [3.05, 3.63) is 71.6 Å². The lowest BCUT2D eigenvalue weighted by molar-refractivity contribution is -0.0274. The second-order valence-corrected chi connectivity index (χ2v) is 5.39. The number of benzene rings is 1. The molecule has 21 heavy (non-hydrogen) atoms. The lowest BCUT2D eigenvalue weighted by Gasteiger charge is -2.41. The summed E-state index contributed by atoms with van der Waals surface area (Å²) in [6, 6.07) is 9.44. The average molecular weight is 285 g/mol. The maximum atomic E-state index is 10.7. The van der Waals surface area contributed by atoms with Gasteiger partial charge in [0.25, 0.3) is 0 Å². The van der Waals surface area contributed by atoms with E-state index < -0.39 is 12.3 Å². The van der Waals surface area contributed by atoms with Crippen molar-refractivity contribution in [2.24, 2.45) is 5.92 Å². The van der Waals surface area contributed by atoms with Gasteiger partial charge in [0.15, 0.2) is 0 Å². The van der Waals surface area contributed by atoms with Crippen LogP contribution < -0.4 is 0 Å². The standard InChI is InChI=1S/C17H19NO3/c19-11-13-10-14(16(20)12-6-2-1-3-7-12)15-8-4-5-9-18(15)17(13)21/h1-9,13,16-17,19-21H,10-11H2. The molecule has 2 aliphatic rings. The molecule has 1 aromatic rings. The Hall–Kier alpha value is -1.88. The maximum Gasteiger partial charge on any atom is 0.136 e. The van der Waals surface area contributed by atoms with Gasteiger partial charge in [0.05, 0.1) is 6.61 Å². The molecule has 0 aromatic heterocycles. The molecule has 0 fully saturated rings. The van der Waals surface area contributed by atoms with Crippen LogP contribution in [0.15, 0.2) is 66.0 Å². The summed E-state index contributed by atoms with van der Waals surface area (Å²) in [7, 11) is 0. The molecule has 0 saturated carbocycles. The molecule has 0 radical (unpaired) electrons. The number of hydrogen-bond donors (Lipinski definition) is 3. The van der Waals surface area contributed by atoms with E-state index in [1.807, 2.05) is 48.6 Å². The van der Waals surface area contributed by atoms with E-state index in [9.17, 15) is 15.3 Å². The minimum Gasteiger partial charge on any atom is -0.396 e. The summed E-state index contributed by atoms with van der Waals surface area (Å²) in [5.74, 6) is -0.307. The Morgan fingerprint density at radius 3 is 2.67 bits per heavy atom. The quantitative estimate of drug-likeness (QED) is 0.791. The highest BCUT2D eigenvalue weighted by atomic mass is 16.3. The summed E-state index contributed by atoms with van der Waals surface area (Å²) in [4.78, 5) is 1.71. The van der Waals surface area contributed by atoms with Crippen LogP contribution in [-0.4, -0.2) is 33.1 Å². The van der Waals surface area contributed by atoms with Gasteiger partial charge in [0.2, 0.25) is 0 Å². The SMILES string of the molecule is OCC1CC(C(O)c2ccccc2)=C2C=CC=CN2C1O. The summed E-state index contributed by atoms with van der Waals surface area (Å²) >= 11 is 0. The Kier molecular flexibility index (Phi) is 3.92. The van der Waals surface area contributed by atoms with Crippen LogP contribution >= 0.6 is 0 Å². The molecule has 3 unspecified atom stereocenters. The van der Waals surface area contributed by atoms with E-state index in [-0.39, 0.29) is 12.5 Å². The number of hydrogen-bond acceptors (Lipinski definition) is 4. The first-order chi connectivity index (χ1) is 10.2. The minimum absolute atomic E-state index is 0.118. The number of aliphatic hydroxyl groups is 3. The van der Waals surface area contributed by atoms with Crippen molar-refractivity contribution in [1.82, 2.24) is 4.90 Å². The lowest BCUT2D eigenvalue weighted by Crippen LogP contribution is -2.43. The third-order valence-corrected chi connectivity index (χ3v) is 4.09. The van der Waals surface area contributed by atoms with Gasteiger partial charge in [0.1, 0.15) is 12.3 Å². The van der Waals surface area contributed by atoms with E-state index in [2.05, 4.69) is 0 Å². The zero-order valence-corrected chi connectivity index (χ0v) is 11.6. The van der Waals surface area contributed by atoms with Gasteiger partial charge in [-0.1, -0.05) is 36.4 Å². The molecule has 2 aliphatic heterocycles. The fourth-order valence-electron chi connectivity index (χ4n) is 2.93. The molecule has 0 spiro atoms. The number of aliphatic hydroxyl groups excluding tert-OH is 3. The van der Waals surface area contributed by atoms with Crippen molar-refractivity contribution in [3.63, 3.8) is 0 Å². The molecule has 3 rings (SSSR count). The normalized spacial score (nSPS) is 26.0. The van der Waals surface area contributed by atoms with Crippen LogP contribution in [0.3, 0.4) is 0 Å². The highest BCUT2D eigenvalue weighted by Gasteiger charge is 2.35. The van der Waals surface area contributed by atoms with Crippen molar-refractivity contribution in [1.29, 1.82) is 0 Å². The molecule has 0 bridgehead atoms. The van der Waals surface area contributed by atoms with Gasteiger partial charge in [-0.15, -0.1) is 0 Å². The Bertz CT molecular complexity index is 591. The molecular weight excluding hydrogens is 266 g/mol. The maximum absolute atomic E-state index is 10.7. The topological polar surface area (TPSA) is 63.9 Å². The summed E-state index contributed by atoms with van der Waals surface area (Å²) in [5.41, 5.74) is 2.45. The zero-order chi connectivity index (χ0) is 14.8. The van der Waals surface area contributed by atoms with Crippen LogP contribution in [0, 0.1) is 5.92 Å². The smallest absolute Gasteiger partial charge is 0.136 e. The van der Waals surface area contributed by atoms with Crippen molar-refractivity contribution in [2.45, 2.75) is 18.8 Å². The molecule has 0 aliphatic carbocycles. The molecule has 0 amide bonds. The first kappa shape index (κ1) is 14.1. The van der Waals surface area contributed by atoms with Crippen LogP contribution in [0.4, 0.5) is 0 Å². The van der Waals surface area contributed by atoms with Gasteiger partial charge in [-0.25, -0.2) is 0 Å². The molecule has 3 N–H and O–H groups in total. The minimum atomic E-state index is -0.766. The third kappa shape index (κ3) is 2.53. The van der Waals surface area contributed by atoms with E-state index in [1.54, 1.807) is 11.1 Å². The fraction of sp³-hybridized carbons (Fsp3) is 0.294. The van der Waals surface area contributed by atoms with Gasteiger partial charge >= 0.3 is 0 Å². The van der Waals surface area contributed by atoms with Gasteiger partial charge in [-0.3, -0.25) is 0 Å². The van der Waals surface area contributed by atoms with Crippen LogP contribution in [0.1, 0.15) is 18.1 Å². The number of nitrogens with zero attached hydrogens (tertiary/aromatic N) is 1. The van der Waals surface area contributed by atoms with Gasteiger partial charge in [-0.2, -0.15) is 0 Å². The molecule has 4 nitrogen and oxygen atoms in total. The largest absolute Gasteiger partial charge is 0.396 e. The second-order valence-electron chi connectivity index (χ2n) is 5.39. The number of allylic oxidation sites excluding steroid dienone is 3. The summed E-state index contributed by atoms with van der Waals surface area (Å²) in [6.45, 7) is -0.118. The van der Waals surface area contributed by atoms with E-state index in [0.29, 0.717) is 6.42 Å². The lowest BCUT2D eigenvalue weighted by atomic mass is 9.85. The van der Waals surface area contributed by atoms with Crippen LogP contribution in [0.2, 0.25) is 0 Å². The Labute approximate surface area is 124 Å². The van der Waals surface area contributed by atoms with Gasteiger partial charge in [-0.05, 0) is 29.7 Å². The van der Waals surface area contributed by atoms with Crippen LogP contribution in [-0.2, 0) is 0 Å². The highest BCUT2D eigenvalue weighted by molar-refractivity contribution is 5.39. The zero-order valence-electron chi connectivity index (χ0n) is 11.6. The van der Waals surface area contributed by atoms with Crippen molar-refractivity contribution >= 4 is 0 Å². The Morgan fingerprint density at radius 1 is 1.19 bits per heavy atom. The highest BCUT2D eigenvalue weighted by Crippen LogP contribution is 2.38. The Morgan fingerprint density at radius 2 is 1.95 bits per heavy atom. The van der Waals surface area contributed by atoms with Crippen molar-refractivity contribution < 1.29 is 15.3 Å². The first-order valence-corrected chi connectivity index (χ1v) is 7.10. The van der Waals surface area contributed by atoms with Crippen LogP contribution in [0.5, 0.6) is 0 Å². The fourth-order valence-corrected chi connectivity index (χ4v) is 2.93. The number of fused-ring (bicyclic) bond motifs is 1. The van der Waals surface area contributed by atoms with E-state index in [1.165, 1.54) is 0 Å². The van der Waals surface area contributed by atoms with Crippen LogP contribution in [0.25, 0.3) is 0 Å². The van der Waals surface area contributed by atoms with E-state index in [0.717, 1.165) is 16.8 Å². The Balaban J connectivity index is 2.02. The molecule has 2 heterocycles. The summed E-state index contributed by atoms with van der Waals surface area (Å²) < 4.78 is 0. The van der Waals surface area contributed by atoms with Gasteiger partial charge in [0, 0.05) is 17.8 Å². The van der Waals surface area contributed by atoms with Gasteiger partial charge < -0.3 is 20.2 Å². The molecule has 4 heteroatoms.